The molecule has 0 saturated carbocycles. The minimum Gasteiger partial charge on any atom is -0.453 e. The van der Waals surface area contributed by atoms with Crippen LogP contribution in [-0.2, 0) is 9.53 Å². The first-order chi connectivity index (χ1) is 11.3. The smallest absolute Gasteiger partial charge is 0.409 e. The Morgan fingerprint density at radius 1 is 1.25 bits per heavy atom. The maximum Gasteiger partial charge on any atom is 0.409 e. The Morgan fingerprint density at radius 3 is 2.38 bits per heavy atom. The summed E-state index contributed by atoms with van der Waals surface area (Å²) in [5.74, 6) is 0.684. The van der Waals surface area contributed by atoms with Crippen molar-refractivity contribution < 1.29 is 14.3 Å². The highest BCUT2D eigenvalue weighted by atomic mass is 16.5. The summed E-state index contributed by atoms with van der Waals surface area (Å²) in [6.07, 6.45) is 1.38. The van der Waals surface area contributed by atoms with Gasteiger partial charge in [-0.2, -0.15) is 0 Å². The summed E-state index contributed by atoms with van der Waals surface area (Å²) in [7, 11) is 3.10. The molecule has 1 aliphatic heterocycles. The first kappa shape index (κ1) is 20.1. The summed E-state index contributed by atoms with van der Waals surface area (Å²) in [6, 6.07) is 0.240. The number of rotatable bonds is 5. The highest BCUT2D eigenvalue weighted by molar-refractivity contribution is 5.84. The van der Waals surface area contributed by atoms with Crippen LogP contribution < -0.4 is 16.0 Å². The van der Waals surface area contributed by atoms with E-state index in [1.54, 1.807) is 11.9 Å². The quantitative estimate of drug-likeness (QED) is 0.501. The Balaban J connectivity index is 2.44. The topological polar surface area (TPSA) is 95.1 Å². The molecule has 2 amide bonds. The van der Waals surface area contributed by atoms with E-state index < -0.39 is 5.41 Å². The lowest BCUT2D eigenvalue weighted by atomic mass is 9.92. The van der Waals surface area contributed by atoms with Gasteiger partial charge in [0.05, 0.1) is 12.5 Å². The predicted octanol–water partition coefficient (Wildman–Crippen LogP) is 0.545. The van der Waals surface area contributed by atoms with Gasteiger partial charge < -0.3 is 25.6 Å². The van der Waals surface area contributed by atoms with Crippen molar-refractivity contribution in [3.05, 3.63) is 0 Å². The number of carbonyl (C=O) groups is 2. The molecule has 0 spiro atoms. The highest BCUT2D eigenvalue weighted by Crippen LogP contribution is 2.14. The predicted molar refractivity (Wildman–Crippen MR) is 94.0 cm³/mol. The van der Waals surface area contributed by atoms with E-state index in [0.29, 0.717) is 32.1 Å². The van der Waals surface area contributed by atoms with Crippen LogP contribution in [0, 0.1) is 5.41 Å². The van der Waals surface area contributed by atoms with E-state index in [1.807, 2.05) is 20.8 Å². The molecule has 3 N–H and O–H groups in total. The van der Waals surface area contributed by atoms with Gasteiger partial charge in [-0.1, -0.05) is 0 Å². The maximum absolute atomic E-state index is 12.0. The van der Waals surface area contributed by atoms with E-state index in [-0.39, 0.29) is 18.0 Å². The van der Waals surface area contributed by atoms with E-state index in [9.17, 15) is 9.59 Å². The largest absolute Gasteiger partial charge is 0.453 e. The lowest BCUT2D eigenvalue weighted by Gasteiger charge is -2.32. The number of nitrogens with one attached hydrogen (secondary N) is 3. The summed E-state index contributed by atoms with van der Waals surface area (Å²) in [5, 5.41) is 9.41. The van der Waals surface area contributed by atoms with Gasteiger partial charge in [0.25, 0.3) is 0 Å². The van der Waals surface area contributed by atoms with Crippen LogP contribution in [0.1, 0.15) is 33.6 Å². The number of methoxy groups -OCH3 is 1. The molecule has 0 aromatic carbocycles. The van der Waals surface area contributed by atoms with E-state index in [1.165, 1.54) is 7.11 Å². The van der Waals surface area contributed by atoms with Gasteiger partial charge in [-0.25, -0.2) is 4.79 Å². The van der Waals surface area contributed by atoms with Crippen LogP contribution in [0.3, 0.4) is 0 Å². The molecule has 0 radical (unpaired) electrons. The summed E-state index contributed by atoms with van der Waals surface area (Å²) < 4.78 is 4.74. The lowest BCUT2D eigenvalue weighted by Crippen LogP contribution is -2.52. The second-order valence-electron chi connectivity index (χ2n) is 6.54. The van der Waals surface area contributed by atoms with Crippen molar-refractivity contribution >= 4 is 18.0 Å². The number of amides is 2. The number of hydrogen-bond acceptors (Lipinski definition) is 4. The normalized spacial score (nSPS) is 16.5. The Labute approximate surface area is 144 Å². The van der Waals surface area contributed by atoms with Crippen molar-refractivity contribution in [1.82, 2.24) is 20.9 Å². The van der Waals surface area contributed by atoms with Gasteiger partial charge in [-0.15, -0.1) is 0 Å². The number of carbonyl (C=O) groups excluding carboxylic acids is 2. The minimum absolute atomic E-state index is 0.0133. The summed E-state index contributed by atoms with van der Waals surface area (Å²) in [5.41, 5.74) is -0.526. The fourth-order valence-electron chi connectivity index (χ4n) is 2.51. The number of aliphatic imine (C=N–C) groups is 1. The Kier molecular flexibility index (Phi) is 7.81. The van der Waals surface area contributed by atoms with Crippen LogP contribution in [0.15, 0.2) is 4.99 Å². The Bertz CT molecular complexity index is 457. The summed E-state index contributed by atoms with van der Waals surface area (Å²) >= 11 is 0. The molecule has 1 fully saturated rings. The summed E-state index contributed by atoms with van der Waals surface area (Å²) in [6.45, 7) is 8.12. The number of nitrogens with zero attached hydrogens (tertiary/aromatic N) is 2. The monoisotopic (exact) mass is 341 g/mol. The lowest BCUT2D eigenvalue weighted by molar-refractivity contribution is -0.128. The van der Waals surface area contributed by atoms with E-state index in [2.05, 4.69) is 20.9 Å². The molecule has 0 aliphatic carbocycles. The molecule has 8 nitrogen and oxygen atoms in total. The van der Waals surface area contributed by atoms with Crippen molar-refractivity contribution in [2.75, 3.05) is 40.3 Å². The number of likely N-dealkylation sites (tertiary alicyclic amines) is 1. The molecule has 1 rings (SSSR count). The van der Waals surface area contributed by atoms with Crippen molar-refractivity contribution in [1.29, 1.82) is 0 Å². The molecule has 8 heteroatoms. The zero-order chi connectivity index (χ0) is 18.2. The maximum atomic E-state index is 12.0. The van der Waals surface area contributed by atoms with Crippen molar-refractivity contribution in [2.45, 2.75) is 39.7 Å². The van der Waals surface area contributed by atoms with Crippen molar-refractivity contribution in [3.63, 3.8) is 0 Å². The van der Waals surface area contributed by atoms with E-state index >= 15 is 0 Å². The van der Waals surface area contributed by atoms with Crippen LogP contribution >= 0.6 is 0 Å². The van der Waals surface area contributed by atoms with E-state index in [4.69, 9.17) is 4.74 Å². The minimum atomic E-state index is -0.526. The molecule has 1 saturated heterocycles. The average molecular weight is 341 g/mol. The van der Waals surface area contributed by atoms with Crippen LogP contribution in [-0.4, -0.2) is 69.2 Å². The highest BCUT2D eigenvalue weighted by Gasteiger charge is 2.28. The molecule has 0 aromatic heterocycles. The van der Waals surface area contributed by atoms with Gasteiger partial charge in [0.15, 0.2) is 5.96 Å². The van der Waals surface area contributed by atoms with Gasteiger partial charge in [-0.3, -0.25) is 9.79 Å². The fraction of sp³-hybridized carbons (Fsp3) is 0.812. The first-order valence-corrected chi connectivity index (χ1v) is 8.42. The van der Waals surface area contributed by atoms with Crippen LogP contribution in [0.2, 0.25) is 0 Å². The number of ether oxygens (including phenoxy) is 1. The molecule has 138 valence electrons. The molecule has 1 heterocycles. The summed E-state index contributed by atoms with van der Waals surface area (Å²) in [4.78, 5) is 29.4. The second kappa shape index (κ2) is 9.34. The van der Waals surface area contributed by atoms with Gasteiger partial charge in [0.2, 0.25) is 5.91 Å². The standard InChI is InChI=1S/C16H31N5O3/c1-6-18-13(22)16(2,3)11-19-14(17-4)20-12-7-9-21(10-8-12)15(23)24-5/h12H,6-11H2,1-5H3,(H,18,22)(H2,17,19,20). The number of hydrogen-bond donors (Lipinski definition) is 3. The molecular weight excluding hydrogens is 310 g/mol. The Hall–Kier alpha value is -1.99. The molecule has 0 unspecified atom stereocenters. The molecule has 24 heavy (non-hydrogen) atoms. The van der Waals surface area contributed by atoms with Crippen molar-refractivity contribution in [2.24, 2.45) is 10.4 Å². The van der Waals surface area contributed by atoms with E-state index in [0.717, 1.165) is 12.8 Å². The molecule has 0 aromatic rings. The number of piperidine rings is 1. The second-order valence-corrected chi connectivity index (χ2v) is 6.54. The molecule has 0 bridgehead atoms. The fourth-order valence-corrected chi connectivity index (χ4v) is 2.51. The zero-order valence-corrected chi connectivity index (χ0v) is 15.4. The Morgan fingerprint density at radius 2 is 1.88 bits per heavy atom. The van der Waals surface area contributed by atoms with Crippen LogP contribution in [0.5, 0.6) is 0 Å². The van der Waals surface area contributed by atoms with Gasteiger partial charge in [0.1, 0.15) is 0 Å². The van der Waals surface area contributed by atoms with Crippen molar-refractivity contribution in [3.8, 4) is 0 Å². The first-order valence-electron chi connectivity index (χ1n) is 8.42. The van der Waals surface area contributed by atoms with Gasteiger partial charge >= 0.3 is 6.09 Å². The molecular formula is C16H31N5O3. The van der Waals surface area contributed by atoms with Crippen LogP contribution in [0.4, 0.5) is 4.79 Å². The molecule has 1 aliphatic rings. The third-order valence-corrected chi connectivity index (χ3v) is 4.14. The number of guanidine groups is 1. The third kappa shape index (κ3) is 5.90. The van der Waals surface area contributed by atoms with Gasteiger partial charge in [-0.05, 0) is 33.6 Å². The SMILES string of the molecule is CCNC(=O)C(C)(C)CNC(=NC)NC1CCN(C(=O)OC)CC1. The third-order valence-electron chi connectivity index (χ3n) is 4.14. The van der Waals surface area contributed by atoms with Crippen LogP contribution in [0.25, 0.3) is 0 Å². The molecule has 0 atom stereocenters. The zero-order valence-electron chi connectivity index (χ0n) is 15.4. The van der Waals surface area contributed by atoms with Gasteiger partial charge in [0, 0.05) is 39.3 Å². The average Bonchev–Trinajstić information content (AvgIpc) is 2.58.